The van der Waals surface area contributed by atoms with Crippen LogP contribution in [-0.4, -0.2) is 17.0 Å². The summed E-state index contributed by atoms with van der Waals surface area (Å²) in [6.45, 7) is 5.12. The SMILES string of the molecule is C[C@]12CC[C@@H]3c4ccc(Oc5cc6c(cc5OCc5ccccc5)CC[C@@H]5[C@@H]6CC[C@]6(C)C(=O)CC[C@@H]56)cc4CC[C@H]3[C@@H]1CC[C@@H]2O. The van der Waals surface area contributed by atoms with E-state index in [2.05, 4.69) is 68.4 Å². The minimum absolute atomic E-state index is 0.105. The summed E-state index contributed by atoms with van der Waals surface area (Å²) in [6, 6.07) is 21.8. The Balaban J connectivity index is 1.02. The molecular formula is C43H50O4. The van der Waals surface area contributed by atoms with E-state index in [0.29, 0.717) is 47.9 Å². The van der Waals surface area contributed by atoms with Gasteiger partial charge in [0.25, 0.3) is 0 Å². The van der Waals surface area contributed by atoms with E-state index in [0.717, 1.165) is 80.6 Å². The van der Waals surface area contributed by atoms with Crippen LogP contribution >= 0.6 is 0 Å². The first-order chi connectivity index (χ1) is 22.8. The van der Waals surface area contributed by atoms with Crippen molar-refractivity contribution in [2.45, 2.75) is 115 Å². The highest BCUT2D eigenvalue weighted by atomic mass is 16.5. The van der Waals surface area contributed by atoms with E-state index in [-0.39, 0.29) is 16.9 Å². The van der Waals surface area contributed by atoms with Gasteiger partial charge in [-0.25, -0.2) is 0 Å². The van der Waals surface area contributed by atoms with Gasteiger partial charge in [-0.15, -0.1) is 0 Å². The molecule has 47 heavy (non-hydrogen) atoms. The summed E-state index contributed by atoms with van der Waals surface area (Å²) in [7, 11) is 0. The third-order valence-corrected chi connectivity index (χ3v) is 14.6. The maximum Gasteiger partial charge on any atom is 0.169 e. The van der Waals surface area contributed by atoms with Crippen LogP contribution in [0, 0.1) is 34.5 Å². The quantitative estimate of drug-likeness (QED) is 0.305. The number of fused-ring (bicyclic) bond motifs is 10. The van der Waals surface area contributed by atoms with Gasteiger partial charge in [-0.2, -0.15) is 0 Å². The average Bonchev–Trinajstić information content (AvgIpc) is 3.57. The molecule has 0 amide bonds. The molecule has 4 fully saturated rings. The third-order valence-electron chi connectivity index (χ3n) is 14.6. The molecule has 1 N–H and O–H groups in total. The molecule has 4 saturated carbocycles. The smallest absolute Gasteiger partial charge is 0.169 e. The molecule has 3 aromatic carbocycles. The summed E-state index contributed by atoms with van der Waals surface area (Å²) < 4.78 is 13.4. The number of benzene rings is 3. The normalized spacial score (nSPS) is 36.7. The number of aliphatic hydroxyl groups is 1. The van der Waals surface area contributed by atoms with E-state index in [4.69, 9.17) is 9.47 Å². The van der Waals surface area contributed by atoms with Crippen molar-refractivity contribution in [2.75, 3.05) is 0 Å². The second kappa shape index (κ2) is 11.2. The second-order valence-electron chi connectivity index (χ2n) is 16.6. The summed E-state index contributed by atoms with van der Waals surface area (Å²) in [5, 5.41) is 10.8. The molecule has 9 atom stereocenters. The summed E-state index contributed by atoms with van der Waals surface area (Å²) in [6.07, 6.45) is 12.7. The van der Waals surface area contributed by atoms with E-state index in [1.807, 2.05) is 6.07 Å². The Hall–Kier alpha value is -3.11. The van der Waals surface area contributed by atoms with Crippen LogP contribution in [0.2, 0.25) is 0 Å². The molecule has 0 radical (unpaired) electrons. The fourth-order valence-corrected chi connectivity index (χ4v) is 12.0. The van der Waals surface area contributed by atoms with Gasteiger partial charge in [-0.1, -0.05) is 50.2 Å². The third kappa shape index (κ3) is 4.75. The Labute approximate surface area is 280 Å². The number of aryl methyl sites for hydroxylation is 2. The molecule has 9 rings (SSSR count). The molecule has 6 aliphatic rings. The molecule has 3 aromatic rings. The van der Waals surface area contributed by atoms with Crippen molar-refractivity contribution < 1.29 is 19.4 Å². The molecule has 4 nitrogen and oxygen atoms in total. The number of carbonyl (C=O) groups is 1. The van der Waals surface area contributed by atoms with E-state index >= 15 is 0 Å². The van der Waals surface area contributed by atoms with E-state index in [9.17, 15) is 9.90 Å². The first-order valence-corrected chi connectivity index (χ1v) is 18.7. The van der Waals surface area contributed by atoms with Crippen molar-refractivity contribution >= 4 is 5.78 Å². The van der Waals surface area contributed by atoms with Crippen molar-refractivity contribution in [3.05, 3.63) is 88.5 Å². The molecule has 0 aliphatic heterocycles. The first-order valence-electron chi connectivity index (χ1n) is 18.7. The van der Waals surface area contributed by atoms with Crippen molar-refractivity contribution in [3.63, 3.8) is 0 Å². The molecule has 6 aliphatic carbocycles. The number of aliphatic hydroxyl groups excluding tert-OH is 1. The lowest BCUT2D eigenvalue weighted by molar-refractivity contribution is -0.129. The Bertz CT molecular complexity index is 1700. The van der Waals surface area contributed by atoms with Gasteiger partial charge in [0.2, 0.25) is 0 Å². The molecule has 0 spiro atoms. The van der Waals surface area contributed by atoms with Crippen LogP contribution in [0.4, 0.5) is 0 Å². The standard InChI is InChI=1S/C43H50O4/c1-42-20-18-31-30-13-10-29(22-27(30)8-11-33(31)36(42)14-16-40(42)44)47-39-24-35-28(23-38(39)46-25-26-6-4-3-5-7-26)9-12-34-32(35)19-21-43(2)37(34)15-17-41(43)45/h3-7,10,13,22-24,31-34,36-37,40,44H,8-9,11-12,14-21,25H2,1-2H3/t31-,32+,33-,34-,36+,37+,40+,42+,43+/m1/s1. The van der Waals surface area contributed by atoms with Gasteiger partial charge in [0.05, 0.1) is 6.10 Å². The molecule has 246 valence electrons. The van der Waals surface area contributed by atoms with Crippen LogP contribution in [0.15, 0.2) is 60.7 Å². The number of Topliss-reactive ketones (excluding diaryl/α,β-unsaturated/α-hetero) is 1. The number of rotatable bonds is 5. The molecular weight excluding hydrogens is 580 g/mol. The Kier molecular flexibility index (Phi) is 7.16. The lowest BCUT2D eigenvalue weighted by Gasteiger charge is -2.50. The largest absolute Gasteiger partial charge is 0.485 e. The van der Waals surface area contributed by atoms with Gasteiger partial charge >= 0.3 is 0 Å². The van der Waals surface area contributed by atoms with Crippen LogP contribution in [0.5, 0.6) is 17.2 Å². The zero-order valence-electron chi connectivity index (χ0n) is 28.2. The highest BCUT2D eigenvalue weighted by molar-refractivity contribution is 5.87. The van der Waals surface area contributed by atoms with Crippen molar-refractivity contribution in [3.8, 4) is 17.2 Å². The molecule has 0 unspecified atom stereocenters. The van der Waals surface area contributed by atoms with E-state index in [1.54, 1.807) is 0 Å². The van der Waals surface area contributed by atoms with Gasteiger partial charge in [-0.3, -0.25) is 4.79 Å². The second-order valence-corrected chi connectivity index (χ2v) is 16.6. The predicted octanol–water partition coefficient (Wildman–Crippen LogP) is 9.70. The average molecular weight is 631 g/mol. The summed E-state index contributed by atoms with van der Waals surface area (Å²) >= 11 is 0. The van der Waals surface area contributed by atoms with Crippen molar-refractivity contribution in [1.29, 1.82) is 0 Å². The molecule has 0 heterocycles. The first kappa shape index (κ1) is 30.0. The number of carbonyl (C=O) groups excluding carboxylic acids is 1. The fraction of sp³-hybridized carbons (Fsp3) is 0.558. The predicted molar refractivity (Wildman–Crippen MR) is 184 cm³/mol. The monoisotopic (exact) mass is 630 g/mol. The minimum atomic E-state index is -0.130. The zero-order valence-corrected chi connectivity index (χ0v) is 28.2. The molecule has 0 aromatic heterocycles. The van der Waals surface area contributed by atoms with Gasteiger partial charge in [0.1, 0.15) is 18.1 Å². The minimum Gasteiger partial charge on any atom is -0.485 e. The van der Waals surface area contributed by atoms with Crippen LogP contribution in [0.3, 0.4) is 0 Å². The fourth-order valence-electron chi connectivity index (χ4n) is 12.0. The maximum absolute atomic E-state index is 13.0. The molecule has 0 saturated heterocycles. The Morgan fingerprint density at radius 1 is 0.723 bits per heavy atom. The Morgan fingerprint density at radius 3 is 2.30 bits per heavy atom. The highest BCUT2D eigenvalue weighted by Crippen LogP contribution is 2.62. The van der Waals surface area contributed by atoms with Gasteiger partial charge in [0.15, 0.2) is 11.5 Å². The van der Waals surface area contributed by atoms with Gasteiger partial charge in [0, 0.05) is 11.8 Å². The summed E-state index contributed by atoms with van der Waals surface area (Å²) in [5.74, 6) is 6.54. The molecule has 0 bridgehead atoms. The zero-order chi connectivity index (χ0) is 31.9. The Morgan fingerprint density at radius 2 is 1.47 bits per heavy atom. The van der Waals surface area contributed by atoms with Gasteiger partial charge in [-0.05, 0) is 164 Å². The van der Waals surface area contributed by atoms with Crippen LogP contribution < -0.4 is 9.47 Å². The number of hydrogen-bond donors (Lipinski definition) is 1. The number of ether oxygens (including phenoxy) is 2. The number of hydrogen-bond acceptors (Lipinski definition) is 4. The van der Waals surface area contributed by atoms with Crippen molar-refractivity contribution in [1.82, 2.24) is 0 Å². The maximum atomic E-state index is 13.0. The van der Waals surface area contributed by atoms with E-state index < -0.39 is 0 Å². The topological polar surface area (TPSA) is 55.8 Å². The van der Waals surface area contributed by atoms with Crippen molar-refractivity contribution in [2.24, 2.45) is 34.5 Å². The van der Waals surface area contributed by atoms with Crippen LogP contribution in [0.25, 0.3) is 0 Å². The van der Waals surface area contributed by atoms with Gasteiger partial charge < -0.3 is 14.6 Å². The van der Waals surface area contributed by atoms with Crippen LogP contribution in [-0.2, 0) is 24.2 Å². The number of ketones is 1. The highest BCUT2D eigenvalue weighted by Gasteiger charge is 2.56. The lowest BCUT2D eigenvalue weighted by Crippen LogP contribution is -2.43. The van der Waals surface area contributed by atoms with E-state index in [1.165, 1.54) is 41.5 Å². The summed E-state index contributed by atoms with van der Waals surface area (Å²) in [5.41, 5.74) is 6.91. The molecule has 4 heteroatoms. The van der Waals surface area contributed by atoms with Crippen LogP contribution in [0.1, 0.15) is 118 Å². The lowest BCUT2D eigenvalue weighted by atomic mass is 9.55. The summed E-state index contributed by atoms with van der Waals surface area (Å²) in [4.78, 5) is 13.0.